The average molecular weight is 394 g/mol. The summed E-state index contributed by atoms with van der Waals surface area (Å²) in [5.74, 6) is -2.34. The van der Waals surface area contributed by atoms with Crippen LogP contribution < -0.4 is 10.2 Å². The van der Waals surface area contributed by atoms with E-state index in [4.69, 9.17) is 0 Å². The summed E-state index contributed by atoms with van der Waals surface area (Å²) in [4.78, 5) is 33.7. The monoisotopic (exact) mass is 393 g/mol. The van der Waals surface area contributed by atoms with Gasteiger partial charge in [0, 0.05) is 24.8 Å². The molecule has 0 unspecified atom stereocenters. The van der Waals surface area contributed by atoms with Crippen LogP contribution in [-0.2, 0) is 26.7 Å². The van der Waals surface area contributed by atoms with E-state index in [0.29, 0.717) is 0 Å². The summed E-state index contributed by atoms with van der Waals surface area (Å²) in [6, 6.07) is 5.62. The number of carboxylic acids is 2. The number of aromatic nitrogens is 2. The van der Waals surface area contributed by atoms with Gasteiger partial charge < -0.3 is 29.8 Å². The van der Waals surface area contributed by atoms with Crippen molar-refractivity contribution in [1.82, 2.24) is 9.97 Å². The van der Waals surface area contributed by atoms with Crippen LogP contribution in [0.2, 0.25) is 0 Å². The Kier molecular flexibility index (Phi) is 10.6. The van der Waals surface area contributed by atoms with Gasteiger partial charge in [-0.15, -0.1) is 0 Å². The van der Waals surface area contributed by atoms with E-state index in [0.717, 1.165) is 11.4 Å². The van der Waals surface area contributed by atoms with Crippen molar-refractivity contribution in [2.24, 2.45) is 9.98 Å². The van der Waals surface area contributed by atoms with Crippen molar-refractivity contribution in [2.45, 2.75) is 25.9 Å². The molecule has 0 saturated carbocycles. The van der Waals surface area contributed by atoms with Crippen LogP contribution in [0.3, 0.4) is 0 Å². The molecular weight excluding hydrogens is 376 g/mol. The van der Waals surface area contributed by atoms with E-state index in [1.165, 1.54) is 26.3 Å². The Hall–Kier alpha value is -2.64. The minimum Gasteiger partial charge on any atom is -0.548 e. The van der Waals surface area contributed by atoms with Crippen LogP contribution in [0.15, 0.2) is 46.6 Å². The third-order valence-corrected chi connectivity index (χ3v) is 2.80. The summed E-state index contributed by atoms with van der Waals surface area (Å²) in [6.45, 7) is 2.93. The van der Waals surface area contributed by atoms with Gasteiger partial charge in [-0.25, -0.2) is 0 Å². The van der Waals surface area contributed by atoms with Crippen molar-refractivity contribution in [3.8, 4) is 0 Å². The maximum atomic E-state index is 10.2. The fraction of sp³-hybridized carbons (Fsp3) is 0.250. The van der Waals surface area contributed by atoms with Gasteiger partial charge in [-0.2, -0.15) is 0 Å². The van der Waals surface area contributed by atoms with Gasteiger partial charge >= 0.3 is 17.1 Å². The van der Waals surface area contributed by atoms with Gasteiger partial charge in [0.2, 0.25) is 0 Å². The van der Waals surface area contributed by atoms with Crippen LogP contribution in [0, 0.1) is 0 Å². The van der Waals surface area contributed by atoms with Crippen molar-refractivity contribution in [3.63, 3.8) is 0 Å². The Balaban J connectivity index is 0.000000443. The van der Waals surface area contributed by atoms with Gasteiger partial charge in [0.25, 0.3) is 0 Å². The van der Waals surface area contributed by atoms with Gasteiger partial charge in [0.05, 0.1) is 35.4 Å². The van der Waals surface area contributed by atoms with Gasteiger partial charge in [-0.05, 0) is 38.1 Å². The zero-order valence-electron chi connectivity index (χ0n) is 13.6. The van der Waals surface area contributed by atoms with Crippen LogP contribution >= 0.6 is 0 Å². The molecule has 2 aromatic heterocycles. The molecule has 2 atom stereocenters. The second-order valence-electron chi connectivity index (χ2n) is 4.80. The smallest absolute Gasteiger partial charge is 0.548 e. The molecule has 2 heterocycles. The normalized spacial score (nSPS) is 12.9. The van der Waals surface area contributed by atoms with E-state index in [9.17, 15) is 19.8 Å². The molecule has 0 bridgehead atoms. The average Bonchev–Trinajstić information content (AvgIpc) is 3.23. The van der Waals surface area contributed by atoms with Crippen LogP contribution in [-0.4, -0.2) is 46.4 Å². The maximum Gasteiger partial charge on any atom is 2.00 e. The standard InChI is InChI=1S/2C8H10N2O2.Cu/c2*1-6(8(11)12)10-5-7-3-2-4-9-7;/h2*2-6,9H,1H3,(H,11,12);/q;;+2/p-2/t2*6-;/m00./s1. The Morgan fingerprint density at radius 3 is 1.52 bits per heavy atom. The number of aliphatic carboxylic acids is 2. The summed E-state index contributed by atoms with van der Waals surface area (Å²) in [5.41, 5.74) is 1.56. The van der Waals surface area contributed by atoms with Crippen LogP contribution in [0.1, 0.15) is 25.2 Å². The first-order chi connectivity index (χ1) is 11.4. The first kappa shape index (κ1) is 22.4. The van der Waals surface area contributed by atoms with Crippen molar-refractivity contribution < 1.29 is 36.9 Å². The Labute approximate surface area is 155 Å². The van der Waals surface area contributed by atoms with Crippen LogP contribution in [0.25, 0.3) is 0 Å². The van der Waals surface area contributed by atoms with E-state index in [-0.39, 0.29) is 17.1 Å². The molecule has 2 rings (SSSR count). The molecule has 0 spiro atoms. The minimum atomic E-state index is -1.17. The molecule has 2 aromatic rings. The number of aliphatic imine (C=N–C) groups is 2. The number of H-pyrrole nitrogens is 2. The Bertz CT molecular complexity index is 621. The van der Waals surface area contributed by atoms with Crippen molar-refractivity contribution in [1.29, 1.82) is 0 Å². The molecule has 9 heteroatoms. The van der Waals surface area contributed by atoms with Crippen LogP contribution in [0.5, 0.6) is 0 Å². The second-order valence-corrected chi connectivity index (χ2v) is 4.80. The molecule has 0 aromatic carbocycles. The predicted octanol–water partition coefficient (Wildman–Crippen LogP) is -0.858. The van der Waals surface area contributed by atoms with E-state index >= 15 is 0 Å². The van der Waals surface area contributed by atoms with E-state index in [1.807, 2.05) is 12.1 Å². The third-order valence-electron chi connectivity index (χ3n) is 2.80. The van der Waals surface area contributed by atoms with Gasteiger partial charge in [0.15, 0.2) is 0 Å². The first-order valence-electron chi connectivity index (χ1n) is 7.15. The maximum absolute atomic E-state index is 10.2. The molecule has 0 fully saturated rings. The fourth-order valence-electron chi connectivity index (χ4n) is 1.35. The number of hydrogen-bond donors (Lipinski definition) is 2. The topological polar surface area (TPSA) is 137 Å². The Morgan fingerprint density at radius 1 is 0.920 bits per heavy atom. The SMILES string of the molecule is C[C@H](N=Cc1ccc[nH]1)C(=O)[O-].C[C@H](N=Cc1ccc[nH]1)C(=O)[O-].[Cu+2]. The third kappa shape index (κ3) is 9.29. The summed E-state index contributed by atoms with van der Waals surface area (Å²) in [6.07, 6.45) is 6.43. The van der Waals surface area contributed by atoms with Crippen molar-refractivity contribution in [3.05, 3.63) is 48.0 Å². The largest absolute Gasteiger partial charge is 2.00 e. The molecule has 1 radical (unpaired) electrons. The van der Waals surface area contributed by atoms with Crippen molar-refractivity contribution in [2.75, 3.05) is 0 Å². The molecule has 0 saturated heterocycles. The molecule has 0 aliphatic heterocycles. The molecule has 0 aliphatic rings. The van der Waals surface area contributed by atoms with E-state index in [2.05, 4.69) is 20.0 Å². The van der Waals surface area contributed by atoms with E-state index in [1.54, 1.807) is 24.5 Å². The van der Waals surface area contributed by atoms with Gasteiger partial charge in [-0.3, -0.25) is 9.98 Å². The van der Waals surface area contributed by atoms with Crippen molar-refractivity contribution >= 4 is 24.4 Å². The molecule has 137 valence electrons. The van der Waals surface area contributed by atoms with E-state index < -0.39 is 24.0 Å². The minimum absolute atomic E-state index is 0. The zero-order valence-corrected chi connectivity index (χ0v) is 14.5. The second kappa shape index (κ2) is 11.8. The van der Waals surface area contributed by atoms with Crippen LogP contribution in [0.4, 0.5) is 0 Å². The molecular formula is C16H18CuN4O4. The predicted molar refractivity (Wildman–Crippen MR) is 85.7 cm³/mol. The van der Waals surface area contributed by atoms with Gasteiger partial charge in [0.1, 0.15) is 0 Å². The number of hydrogen-bond acceptors (Lipinski definition) is 6. The number of carboxylic acid groups (broad SMARTS) is 2. The first-order valence-corrected chi connectivity index (χ1v) is 7.15. The molecule has 2 N–H and O–H groups in total. The summed E-state index contributed by atoms with van der Waals surface area (Å²) in [7, 11) is 0. The molecule has 25 heavy (non-hydrogen) atoms. The number of nitrogens with zero attached hydrogens (tertiary/aromatic N) is 2. The number of aromatic amines is 2. The van der Waals surface area contributed by atoms with Gasteiger partial charge in [-0.1, -0.05) is 0 Å². The number of nitrogens with one attached hydrogen (secondary N) is 2. The molecule has 0 aliphatic carbocycles. The number of carbonyl (C=O) groups excluding carboxylic acids is 2. The quantitative estimate of drug-likeness (QED) is 0.487. The zero-order chi connectivity index (χ0) is 17.9. The fourth-order valence-corrected chi connectivity index (χ4v) is 1.35. The Morgan fingerprint density at radius 2 is 1.28 bits per heavy atom. The number of rotatable bonds is 6. The summed E-state index contributed by atoms with van der Waals surface area (Å²) < 4.78 is 0. The number of carbonyl (C=O) groups is 2. The molecule has 8 nitrogen and oxygen atoms in total. The summed E-state index contributed by atoms with van der Waals surface area (Å²) in [5, 5.41) is 20.4. The molecule has 0 amide bonds. The summed E-state index contributed by atoms with van der Waals surface area (Å²) >= 11 is 0.